The Labute approximate surface area is 137 Å². The van der Waals surface area contributed by atoms with Crippen molar-refractivity contribution in [2.45, 2.75) is 13.3 Å². The molecule has 0 unspecified atom stereocenters. The van der Waals surface area contributed by atoms with Crippen molar-refractivity contribution in [1.82, 2.24) is 14.9 Å². The van der Waals surface area contributed by atoms with E-state index in [4.69, 9.17) is 4.74 Å². The second-order valence-electron chi connectivity index (χ2n) is 5.68. The smallest absolute Gasteiger partial charge is 0.224 e. The number of nitrogens with one attached hydrogen (secondary N) is 2. The number of hydrogen-bond acceptors (Lipinski definition) is 6. The van der Waals surface area contributed by atoms with Crippen LogP contribution >= 0.6 is 0 Å². The Hall–Kier alpha value is -2.34. The summed E-state index contributed by atoms with van der Waals surface area (Å²) < 4.78 is 5.38. The van der Waals surface area contributed by atoms with Crippen molar-refractivity contribution in [1.29, 1.82) is 0 Å². The van der Waals surface area contributed by atoms with Crippen LogP contribution in [0.3, 0.4) is 0 Å². The Morgan fingerprint density at radius 3 is 2.78 bits per heavy atom. The fourth-order valence-electron chi connectivity index (χ4n) is 2.17. The lowest BCUT2D eigenvalue weighted by Crippen LogP contribution is -2.17. The molecular formula is C17H25N5O. The molecule has 0 atom stereocenters. The van der Waals surface area contributed by atoms with E-state index in [0.717, 1.165) is 42.3 Å². The Morgan fingerprint density at radius 1 is 1.22 bits per heavy atom. The summed E-state index contributed by atoms with van der Waals surface area (Å²) in [7, 11) is 5.79. The van der Waals surface area contributed by atoms with E-state index < -0.39 is 0 Å². The molecule has 23 heavy (non-hydrogen) atoms. The maximum atomic E-state index is 5.38. The summed E-state index contributed by atoms with van der Waals surface area (Å²) in [4.78, 5) is 10.9. The third-order valence-electron chi connectivity index (χ3n) is 3.34. The first-order valence-corrected chi connectivity index (χ1v) is 7.72. The zero-order chi connectivity index (χ0) is 16.7. The fraction of sp³-hybridized carbons (Fsp3) is 0.412. The van der Waals surface area contributed by atoms with Crippen molar-refractivity contribution in [3.05, 3.63) is 36.0 Å². The van der Waals surface area contributed by atoms with Crippen molar-refractivity contribution in [2.24, 2.45) is 0 Å². The number of methoxy groups -OCH3 is 1. The number of ether oxygens (including phenoxy) is 1. The van der Waals surface area contributed by atoms with E-state index in [1.165, 1.54) is 0 Å². The number of anilines is 3. The quantitative estimate of drug-likeness (QED) is 0.730. The van der Waals surface area contributed by atoms with E-state index in [2.05, 4.69) is 39.6 Å². The molecule has 1 aromatic heterocycles. The molecule has 0 spiro atoms. The number of aromatic nitrogens is 2. The van der Waals surface area contributed by atoms with Gasteiger partial charge in [0.25, 0.3) is 0 Å². The minimum absolute atomic E-state index is 0.625. The average Bonchev–Trinajstić information content (AvgIpc) is 2.52. The van der Waals surface area contributed by atoms with Gasteiger partial charge in [-0.15, -0.1) is 0 Å². The summed E-state index contributed by atoms with van der Waals surface area (Å²) in [6, 6.07) is 7.83. The molecule has 2 N–H and O–H groups in total. The van der Waals surface area contributed by atoms with Gasteiger partial charge < -0.3 is 20.3 Å². The highest BCUT2D eigenvalue weighted by atomic mass is 16.5. The molecule has 0 aliphatic carbocycles. The second kappa shape index (κ2) is 8.33. The molecule has 1 heterocycles. The van der Waals surface area contributed by atoms with Gasteiger partial charge in [-0.2, -0.15) is 4.98 Å². The van der Waals surface area contributed by atoms with Gasteiger partial charge in [-0.1, -0.05) is 6.07 Å². The van der Waals surface area contributed by atoms with Gasteiger partial charge in [0.1, 0.15) is 11.6 Å². The lowest BCUT2D eigenvalue weighted by molar-refractivity contribution is 0.405. The van der Waals surface area contributed by atoms with Gasteiger partial charge in [0.05, 0.1) is 12.8 Å². The molecule has 0 bridgehead atoms. The first-order valence-electron chi connectivity index (χ1n) is 7.72. The summed E-state index contributed by atoms with van der Waals surface area (Å²) in [6.07, 6.45) is 2.78. The molecule has 124 valence electrons. The van der Waals surface area contributed by atoms with Crippen LogP contribution < -0.4 is 15.4 Å². The van der Waals surface area contributed by atoms with Gasteiger partial charge in [-0.25, -0.2) is 4.98 Å². The van der Waals surface area contributed by atoms with Gasteiger partial charge in [-0.3, -0.25) is 0 Å². The molecule has 0 amide bonds. The van der Waals surface area contributed by atoms with E-state index in [0.29, 0.717) is 5.95 Å². The highest BCUT2D eigenvalue weighted by Gasteiger charge is 2.05. The van der Waals surface area contributed by atoms with E-state index in [1.807, 2.05) is 31.2 Å². The SMILES string of the molecule is COc1ccc(C)cc1Nc1ccnc(NCCCN(C)C)n1. The summed E-state index contributed by atoms with van der Waals surface area (Å²) in [5, 5.41) is 6.53. The first-order chi connectivity index (χ1) is 11.1. The fourth-order valence-corrected chi connectivity index (χ4v) is 2.17. The van der Waals surface area contributed by atoms with Gasteiger partial charge in [0, 0.05) is 12.7 Å². The largest absolute Gasteiger partial charge is 0.495 e. The number of aryl methyl sites for hydroxylation is 1. The predicted molar refractivity (Wildman–Crippen MR) is 94.7 cm³/mol. The minimum atomic E-state index is 0.625. The van der Waals surface area contributed by atoms with Crippen LogP contribution in [0.5, 0.6) is 5.75 Å². The Bertz CT molecular complexity index is 630. The molecule has 0 aliphatic heterocycles. The Balaban J connectivity index is 2.01. The third kappa shape index (κ3) is 5.41. The zero-order valence-electron chi connectivity index (χ0n) is 14.3. The van der Waals surface area contributed by atoms with E-state index in [1.54, 1.807) is 13.3 Å². The molecule has 6 nitrogen and oxygen atoms in total. The topological polar surface area (TPSA) is 62.3 Å². The monoisotopic (exact) mass is 315 g/mol. The predicted octanol–water partition coefficient (Wildman–Crippen LogP) is 2.90. The molecule has 0 saturated carbocycles. The second-order valence-corrected chi connectivity index (χ2v) is 5.68. The van der Waals surface area contributed by atoms with E-state index in [-0.39, 0.29) is 0 Å². The van der Waals surface area contributed by atoms with Crippen LogP contribution in [0.25, 0.3) is 0 Å². The van der Waals surface area contributed by atoms with Gasteiger partial charge in [-0.05, 0) is 57.7 Å². The molecule has 1 aromatic carbocycles. The molecule has 2 rings (SSSR count). The number of rotatable bonds is 8. The van der Waals surface area contributed by atoms with Crippen molar-refractivity contribution >= 4 is 17.5 Å². The Morgan fingerprint density at radius 2 is 2.04 bits per heavy atom. The molecule has 6 heteroatoms. The lowest BCUT2D eigenvalue weighted by Gasteiger charge is -2.13. The summed E-state index contributed by atoms with van der Waals surface area (Å²) in [5.41, 5.74) is 2.05. The van der Waals surface area contributed by atoms with Crippen LogP contribution in [0.2, 0.25) is 0 Å². The highest BCUT2D eigenvalue weighted by Crippen LogP contribution is 2.27. The number of benzene rings is 1. The number of nitrogens with zero attached hydrogens (tertiary/aromatic N) is 3. The van der Waals surface area contributed by atoms with E-state index in [9.17, 15) is 0 Å². The zero-order valence-corrected chi connectivity index (χ0v) is 14.3. The highest BCUT2D eigenvalue weighted by molar-refractivity contribution is 5.65. The Kier molecular flexibility index (Phi) is 6.17. The van der Waals surface area contributed by atoms with Crippen LogP contribution in [0.15, 0.2) is 30.5 Å². The summed E-state index contributed by atoms with van der Waals surface area (Å²) in [6.45, 7) is 3.92. The lowest BCUT2D eigenvalue weighted by atomic mass is 10.2. The average molecular weight is 315 g/mol. The maximum absolute atomic E-state index is 5.38. The molecule has 0 aliphatic rings. The maximum Gasteiger partial charge on any atom is 0.224 e. The van der Waals surface area contributed by atoms with Gasteiger partial charge in [0.2, 0.25) is 5.95 Å². The summed E-state index contributed by atoms with van der Waals surface area (Å²) in [5.74, 6) is 2.15. The van der Waals surface area contributed by atoms with Gasteiger partial charge in [0.15, 0.2) is 0 Å². The molecular weight excluding hydrogens is 290 g/mol. The van der Waals surface area contributed by atoms with Crippen LogP contribution in [0, 0.1) is 6.92 Å². The van der Waals surface area contributed by atoms with Crippen molar-refractivity contribution in [3.8, 4) is 5.75 Å². The van der Waals surface area contributed by atoms with E-state index >= 15 is 0 Å². The summed E-state index contributed by atoms with van der Waals surface area (Å²) >= 11 is 0. The van der Waals surface area contributed by atoms with Crippen LogP contribution in [0.4, 0.5) is 17.5 Å². The van der Waals surface area contributed by atoms with Crippen molar-refractivity contribution < 1.29 is 4.74 Å². The molecule has 0 radical (unpaired) electrons. The molecule has 0 saturated heterocycles. The van der Waals surface area contributed by atoms with Crippen LogP contribution in [0.1, 0.15) is 12.0 Å². The standard InChI is InChI=1S/C17H25N5O/c1-13-6-7-15(23-4)14(12-13)20-16-8-10-19-17(21-16)18-9-5-11-22(2)3/h6-8,10,12H,5,9,11H2,1-4H3,(H2,18,19,20,21). The normalized spacial score (nSPS) is 10.7. The van der Waals surface area contributed by atoms with Crippen LogP contribution in [-0.2, 0) is 0 Å². The minimum Gasteiger partial charge on any atom is -0.495 e. The first kappa shape index (κ1) is 17.0. The molecule has 2 aromatic rings. The molecule has 0 fully saturated rings. The van der Waals surface area contributed by atoms with Crippen molar-refractivity contribution in [3.63, 3.8) is 0 Å². The number of hydrogen-bond donors (Lipinski definition) is 2. The van der Waals surface area contributed by atoms with Crippen molar-refractivity contribution in [2.75, 3.05) is 44.9 Å². The van der Waals surface area contributed by atoms with Gasteiger partial charge >= 0.3 is 0 Å². The van der Waals surface area contributed by atoms with Crippen LogP contribution in [-0.4, -0.2) is 49.2 Å². The third-order valence-corrected chi connectivity index (χ3v) is 3.34.